The van der Waals surface area contributed by atoms with E-state index in [9.17, 15) is 18.0 Å². The molecule has 0 bridgehead atoms. The molecule has 0 fully saturated rings. The van der Waals surface area contributed by atoms with Crippen LogP contribution in [0.15, 0.2) is 61.2 Å². The Morgan fingerprint density at radius 3 is 1.97 bits per heavy atom. The highest BCUT2D eigenvalue weighted by Gasteiger charge is 2.16. The van der Waals surface area contributed by atoms with E-state index in [1.807, 2.05) is 20.8 Å². The van der Waals surface area contributed by atoms with Crippen LogP contribution in [-0.2, 0) is 15.8 Å². The van der Waals surface area contributed by atoms with E-state index in [1.165, 1.54) is 6.08 Å². The molecule has 3 N–H and O–H groups in total. The zero-order chi connectivity index (χ0) is 22.4. The van der Waals surface area contributed by atoms with Gasteiger partial charge in [-0.25, -0.2) is 13.1 Å². The highest BCUT2D eigenvalue weighted by molar-refractivity contribution is 7.88. The van der Waals surface area contributed by atoms with Gasteiger partial charge >= 0.3 is 0 Å². The van der Waals surface area contributed by atoms with E-state index in [2.05, 4.69) is 21.9 Å². The van der Waals surface area contributed by atoms with Crippen molar-refractivity contribution in [2.24, 2.45) is 0 Å². The molecule has 0 heterocycles. The summed E-state index contributed by atoms with van der Waals surface area (Å²) in [6.07, 6.45) is 1.47. The van der Waals surface area contributed by atoms with Crippen molar-refractivity contribution < 1.29 is 18.0 Å². The largest absolute Gasteiger partial charge is 0.347 e. The first-order valence-corrected chi connectivity index (χ1v) is 11.1. The highest BCUT2D eigenvalue weighted by Crippen LogP contribution is 2.14. The van der Waals surface area contributed by atoms with Crippen molar-refractivity contribution in [3.63, 3.8) is 0 Å². The molecule has 7 nitrogen and oxygen atoms in total. The van der Waals surface area contributed by atoms with Crippen LogP contribution >= 0.6 is 0 Å². The summed E-state index contributed by atoms with van der Waals surface area (Å²) < 4.78 is 26.2. The summed E-state index contributed by atoms with van der Waals surface area (Å²) in [5, 5.41) is 5.62. The Bertz CT molecular complexity index is 1010. The molecule has 2 amide bonds. The Hall–Kier alpha value is -2.97. The number of carbonyl (C=O) groups is 2. The third kappa shape index (κ3) is 7.46. The smallest absolute Gasteiger partial charge is 0.255 e. The van der Waals surface area contributed by atoms with Crippen LogP contribution in [0, 0.1) is 0 Å². The third-order valence-electron chi connectivity index (χ3n) is 3.91. The summed E-state index contributed by atoms with van der Waals surface area (Å²) in [7, 11) is -3.44. The van der Waals surface area contributed by atoms with E-state index in [1.54, 1.807) is 48.5 Å². The number of hydrogen-bond acceptors (Lipinski definition) is 4. The lowest BCUT2D eigenvalue weighted by Gasteiger charge is -2.20. The first kappa shape index (κ1) is 23.3. The highest BCUT2D eigenvalue weighted by atomic mass is 32.2. The number of carbonyl (C=O) groups excluding carboxylic acids is 2. The van der Waals surface area contributed by atoms with Gasteiger partial charge < -0.3 is 10.6 Å². The number of hydrogen-bond donors (Lipinski definition) is 3. The average molecular weight is 430 g/mol. The predicted molar refractivity (Wildman–Crippen MR) is 119 cm³/mol. The van der Waals surface area contributed by atoms with Crippen LogP contribution in [0.4, 0.5) is 5.69 Å². The van der Waals surface area contributed by atoms with Crippen LogP contribution in [0.2, 0.25) is 0 Å². The fraction of sp³-hybridized carbons (Fsp3) is 0.273. The van der Waals surface area contributed by atoms with Gasteiger partial charge in [-0.2, -0.15) is 0 Å². The van der Waals surface area contributed by atoms with Gasteiger partial charge in [-0.3, -0.25) is 9.59 Å². The molecule has 0 unspecified atom stereocenters. The lowest BCUT2D eigenvalue weighted by Crippen LogP contribution is -2.40. The van der Waals surface area contributed by atoms with Gasteiger partial charge in [-0.05, 0) is 62.7 Å². The Labute approximate surface area is 177 Å². The van der Waals surface area contributed by atoms with E-state index in [0.29, 0.717) is 22.4 Å². The van der Waals surface area contributed by atoms with E-state index in [0.717, 1.165) is 0 Å². The molecule has 8 heteroatoms. The molecule has 0 atom stereocenters. The fourth-order valence-corrected chi connectivity index (χ4v) is 3.63. The van der Waals surface area contributed by atoms with Crippen LogP contribution < -0.4 is 15.4 Å². The number of rotatable bonds is 8. The molecule has 160 valence electrons. The normalized spacial score (nSPS) is 11.6. The Kier molecular flexibility index (Phi) is 7.53. The first-order valence-electron chi connectivity index (χ1n) is 9.40. The molecule has 0 saturated heterocycles. The van der Waals surface area contributed by atoms with Crippen molar-refractivity contribution in [1.29, 1.82) is 0 Å². The third-order valence-corrected chi connectivity index (χ3v) is 5.23. The number of amides is 2. The Morgan fingerprint density at radius 2 is 1.47 bits per heavy atom. The quantitative estimate of drug-likeness (QED) is 0.561. The standard InChI is InChI=1S/C22H27N3O4S/c1-5-14-23-30(28,29)15-16-6-12-19(13-7-16)24-20(26)17-8-10-18(11-9-17)21(27)25-22(2,3)4/h5-13,23H,1,14-15H2,2-4H3,(H,24,26)(H,25,27). The summed E-state index contributed by atoms with van der Waals surface area (Å²) in [6.45, 7) is 9.33. The van der Waals surface area contributed by atoms with Crippen LogP contribution in [0.5, 0.6) is 0 Å². The van der Waals surface area contributed by atoms with Gasteiger partial charge in [0.05, 0.1) is 5.75 Å². The van der Waals surface area contributed by atoms with Crippen LogP contribution in [-0.4, -0.2) is 32.3 Å². The monoisotopic (exact) mass is 429 g/mol. The van der Waals surface area contributed by atoms with Crippen molar-refractivity contribution in [3.8, 4) is 0 Å². The number of sulfonamides is 1. The summed E-state index contributed by atoms with van der Waals surface area (Å²) >= 11 is 0. The zero-order valence-corrected chi connectivity index (χ0v) is 18.2. The van der Waals surface area contributed by atoms with Gasteiger partial charge in [0.15, 0.2) is 0 Å². The molecular weight excluding hydrogens is 402 g/mol. The minimum absolute atomic E-state index is 0.160. The number of nitrogens with one attached hydrogen (secondary N) is 3. The maximum absolute atomic E-state index is 12.4. The van der Waals surface area contributed by atoms with Crippen LogP contribution in [0.1, 0.15) is 47.1 Å². The molecule has 0 aromatic heterocycles. The zero-order valence-electron chi connectivity index (χ0n) is 17.4. The summed E-state index contributed by atoms with van der Waals surface area (Å²) in [6, 6.07) is 12.9. The average Bonchev–Trinajstić information content (AvgIpc) is 2.66. The lowest BCUT2D eigenvalue weighted by atomic mass is 10.1. The first-order chi connectivity index (χ1) is 14.0. The van der Waals surface area contributed by atoms with Gasteiger partial charge in [-0.15, -0.1) is 6.58 Å². The number of anilines is 1. The van der Waals surface area contributed by atoms with E-state index >= 15 is 0 Å². The van der Waals surface area contributed by atoms with Crippen molar-refractivity contribution in [2.45, 2.75) is 32.1 Å². The maximum Gasteiger partial charge on any atom is 0.255 e. The molecule has 0 aliphatic heterocycles. The number of benzene rings is 2. The minimum atomic E-state index is -3.44. The van der Waals surface area contributed by atoms with Crippen molar-refractivity contribution in [1.82, 2.24) is 10.0 Å². The van der Waals surface area contributed by atoms with E-state index < -0.39 is 10.0 Å². The molecule has 0 spiro atoms. The Morgan fingerprint density at radius 1 is 0.933 bits per heavy atom. The second kappa shape index (κ2) is 9.69. The molecule has 0 aliphatic rings. The topological polar surface area (TPSA) is 104 Å². The predicted octanol–water partition coefficient (Wildman–Crippen LogP) is 3.07. The minimum Gasteiger partial charge on any atom is -0.347 e. The van der Waals surface area contributed by atoms with E-state index in [4.69, 9.17) is 0 Å². The molecule has 30 heavy (non-hydrogen) atoms. The van der Waals surface area contributed by atoms with Crippen molar-refractivity contribution in [2.75, 3.05) is 11.9 Å². The summed E-state index contributed by atoms with van der Waals surface area (Å²) in [4.78, 5) is 24.6. The van der Waals surface area contributed by atoms with Gasteiger partial charge in [0.25, 0.3) is 11.8 Å². The van der Waals surface area contributed by atoms with Gasteiger partial charge in [0.2, 0.25) is 10.0 Å². The second-order valence-electron chi connectivity index (χ2n) is 7.83. The van der Waals surface area contributed by atoms with Crippen molar-refractivity contribution >= 4 is 27.5 Å². The van der Waals surface area contributed by atoms with Gasteiger partial charge in [0, 0.05) is 28.9 Å². The molecule has 0 radical (unpaired) electrons. The summed E-state index contributed by atoms with van der Waals surface area (Å²) in [5.74, 6) is -0.693. The SMILES string of the molecule is C=CCNS(=O)(=O)Cc1ccc(NC(=O)c2ccc(C(=O)NC(C)(C)C)cc2)cc1. The molecule has 0 saturated carbocycles. The molecule has 2 aromatic rings. The lowest BCUT2D eigenvalue weighted by molar-refractivity contribution is 0.0918. The molecule has 2 aromatic carbocycles. The molecule has 2 rings (SSSR count). The van der Waals surface area contributed by atoms with Crippen LogP contribution in [0.25, 0.3) is 0 Å². The molecule has 0 aliphatic carbocycles. The van der Waals surface area contributed by atoms with E-state index in [-0.39, 0.29) is 29.7 Å². The fourth-order valence-electron chi connectivity index (χ4n) is 2.53. The molecular formula is C22H27N3O4S. The second-order valence-corrected chi connectivity index (χ2v) is 9.64. The van der Waals surface area contributed by atoms with Gasteiger partial charge in [0.1, 0.15) is 0 Å². The van der Waals surface area contributed by atoms with Crippen molar-refractivity contribution in [3.05, 3.63) is 77.9 Å². The van der Waals surface area contributed by atoms with Gasteiger partial charge in [-0.1, -0.05) is 18.2 Å². The summed E-state index contributed by atoms with van der Waals surface area (Å²) in [5.41, 5.74) is 1.66. The van der Waals surface area contributed by atoms with Crippen LogP contribution in [0.3, 0.4) is 0 Å². The Balaban J connectivity index is 1.99. The maximum atomic E-state index is 12.4.